The van der Waals surface area contributed by atoms with Crippen molar-refractivity contribution in [2.45, 2.75) is 6.54 Å². The van der Waals surface area contributed by atoms with Gasteiger partial charge in [-0.3, -0.25) is 4.48 Å². The largest absolute Gasteiger partial charge is 0.311 e. The highest BCUT2D eigenvalue weighted by molar-refractivity contribution is 5.76. The molecule has 0 aromatic heterocycles. The number of benzene rings is 4. The van der Waals surface area contributed by atoms with Gasteiger partial charge in [0.05, 0.1) is 14.1 Å². The number of para-hydroxylation sites is 3. The molecule has 2 heteroatoms. The molecule has 0 bridgehead atoms. The minimum absolute atomic E-state index is 0.821. The van der Waals surface area contributed by atoms with Gasteiger partial charge in [-0.15, -0.1) is 0 Å². The second-order valence-corrected chi connectivity index (χ2v) is 7.85. The molecule has 4 aromatic rings. The molecule has 0 fully saturated rings. The summed E-state index contributed by atoms with van der Waals surface area (Å²) < 4.78 is 0.821. The van der Waals surface area contributed by atoms with E-state index in [4.69, 9.17) is 0 Å². The summed E-state index contributed by atoms with van der Waals surface area (Å²) >= 11 is 0. The van der Waals surface area contributed by atoms with Gasteiger partial charge in [0, 0.05) is 22.6 Å². The van der Waals surface area contributed by atoms with E-state index in [1.54, 1.807) is 0 Å². The molecule has 0 aliphatic heterocycles. The Kier molecular flexibility index (Phi) is 5.46. The van der Waals surface area contributed by atoms with Crippen molar-refractivity contribution in [2.24, 2.45) is 0 Å². The lowest BCUT2D eigenvalue weighted by molar-refractivity contribution is 0.392. The highest BCUT2D eigenvalue weighted by Gasteiger charge is 2.19. The molecule has 2 nitrogen and oxygen atoms in total. The van der Waals surface area contributed by atoms with Gasteiger partial charge < -0.3 is 4.90 Å². The van der Waals surface area contributed by atoms with E-state index in [9.17, 15) is 0 Å². The van der Waals surface area contributed by atoms with Crippen LogP contribution in [-0.4, -0.2) is 14.1 Å². The Hall–Kier alpha value is -3.36. The molecule has 0 saturated heterocycles. The fourth-order valence-corrected chi connectivity index (χ4v) is 3.73. The molecule has 0 aliphatic rings. The maximum atomic E-state index is 2.29. The van der Waals surface area contributed by atoms with Crippen LogP contribution in [0.1, 0.15) is 5.56 Å². The van der Waals surface area contributed by atoms with Crippen LogP contribution in [0, 0.1) is 0 Å². The van der Waals surface area contributed by atoms with Crippen LogP contribution >= 0.6 is 0 Å². The van der Waals surface area contributed by atoms with Crippen molar-refractivity contribution in [3.63, 3.8) is 0 Å². The first kappa shape index (κ1) is 19.0. The zero-order chi connectivity index (χ0) is 20.1. The van der Waals surface area contributed by atoms with Gasteiger partial charge in [0.1, 0.15) is 12.2 Å². The smallest absolute Gasteiger partial charge is 0.132 e. The second kappa shape index (κ2) is 8.34. The summed E-state index contributed by atoms with van der Waals surface area (Å²) in [7, 11) is 4.51. The molecule has 0 N–H and O–H groups in total. The maximum absolute atomic E-state index is 2.29. The van der Waals surface area contributed by atoms with E-state index in [-0.39, 0.29) is 0 Å². The van der Waals surface area contributed by atoms with Crippen molar-refractivity contribution in [1.82, 2.24) is 4.48 Å². The van der Waals surface area contributed by atoms with E-state index in [0.29, 0.717) is 0 Å². The number of quaternary nitrogens is 1. The molecule has 0 spiro atoms. The lowest BCUT2D eigenvalue weighted by Gasteiger charge is -2.30. The first-order chi connectivity index (χ1) is 14.1. The highest BCUT2D eigenvalue weighted by Crippen LogP contribution is 2.34. The van der Waals surface area contributed by atoms with Gasteiger partial charge in [-0.25, -0.2) is 0 Å². The maximum Gasteiger partial charge on any atom is 0.132 e. The Bertz CT molecular complexity index is 985. The second-order valence-electron chi connectivity index (χ2n) is 7.85. The monoisotopic (exact) mass is 379 g/mol. The van der Waals surface area contributed by atoms with Crippen LogP contribution in [0.15, 0.2) is 115 Å². The molecule has 0 unspecified atom stereocenters. The summed E-state index contributed by atoms with van der Waals surface area (Å²) in [6.07, 6.45) is 0. The molecule has 0 radical (unpaired) electrons. The summed E-state index contributed by atoms with van der Waals surface area (Å²) in [4.78, 5) is 2.29. The predicted molar refractivity (Wildman–Crippen MR) is 125 cm³/mol. The Balaban J connectivity index is 1.63. The van der Waals surface area contributed by atoms with E-state index in [1.807, 2.05) is 0 Å². The number of rotatable bonds is 6. The van der Waals surface area contributed by atoms with E-state index in [2.05, 4.69) is 134 Å². The quantitative estimate of drug-likeness (QED) is 0.329. The summed E-state index contributed by atoms with van der Waals surface area (Å²) in [5.74, 6) is 0. The first-order valence-corrected chi connectivity index (χ1v) is 10.0. The van der Waals surface area contributed by atoms with Gasteiger partial charge in [0.25, 0.3) is 0 Å². The molecule has 0 atom stereocenters. The van der Waals surface area contributed by atoms with Crippen LogP contribution in [0.4, 0.5) is 22.7 Å². The molecule has 0 saturated carbocycles. The molecule has 4 rings (SSSR count). The van der Waals surface area contributed by atoms with Crippen molar-refractivity contribution in [3.8, 4) is 0 Å². The number of hydrogen-bond donors (Lipinski definition) is 0. The minimum atomic E-state index is 0.821. The molecular formula is C27H27N2+. The molecule has 144 valence electrons. The average Bonchev–Trinajstić information content (AvgIpc) is 2.77. The van der Waals surface area contributed by atoms with Crippen LogP contribution in [0.25, 0.3) is 0 Å². The van der Waals surface area contributed by atoms with Crippen LogP contribution in [-0.2, 0) is 6.54 Å². The highest BCUT2D eigenvalue weighted by atomic mass is 15.3. The van der Waals surface area contributed by atoms with Crippen LogP contribution in [0.3, 0.4) is 0 Å². The van der Waals surface area contributed by atoms with Crippen LogP contribution in [0.2, 0.25) is 0 Å². The van der Waals surface area contributed by atoms with Crippen LogP contribution in [0.5, 0.6) is 0 Å². The SMILES string of the molecule is C[N+](C)(Cc1ccc(N(c2ccccc2)c2ccccc2)cc1)c1ccccc1. The van der Waals surface area contributed by atoms with Crippen molar-refractivity contribution in [3.05, 3.63) is 121 Å². The third-order valence-corrected chi connectivity index (χ3v) is 5.26. The van der Waals surface area contributed by atoms with E-state index in [1.165, 1.54) is 11.3 Å². The molecule has 4 aromatic carbocycles. The molecule has 0 amide bonds. The van der Waals surface area contributed by atoms with Crippen molar-refractivity contribution >= 4 is 22.7 Å². The predicted octanol–water partition coefficient (Wildman–Crippen LogP) is 6.92. The number of nitrogens with zero attached hydrogens (tertiary/aromatic N) is 2. The third-order valence-electron chi connectivity index (χ3n) is 5.26. The number of hydrogen-bond acceptors (Lipinski definition) is 1. The Labute approximate surface area is 173 Å². The summed E-state index contributed by atoms with van der Waals surface area (Å²) in [5.41, 5.74) is 6.12. The Morgan fingerprint density at radius 2 is 0.931 bits per heavy atom. The van der Waals surface area contributed by atoms with Gasteiger partial charge >= 0.3 is 0 Å². The fourth-order valence-electron chi connectivity index (χ4n) is 3.73. The summed E-state index contributed by atoms with van der Waals surface area (Å²) in [6.45, 7) is 0.945. The zero-order valence-electron chi connectivity index (χ0n) is 17.1. The normalized spacial score (nSPS) is 11.2. The van der Waals surface area contributed by atoms with Gasteiger partial charge in [0.15, 0.2) is 0 Å². The average molecular weight is 380 g/mol. The van der Waals surface area contributed by atoms with Crippen molar-refractivity contribution in [1.29, 1.82) is 0 Å². The summed E-state index contributed by atoms with van der Waals surface area (Å²) in [6, 6.07) is 40.7. The van der Waals surface area contributed by atoms with Gasteiger partial charge in [-0.2, -0.15) is 0 Å². The standard InChI is InChI=1S/C27H27N2/c1-29(2,27-16-10-5-11-17-27)22-23-18-20-26(21-19-23)28(24-12-6-3-7-13-24)25-14-8-4-9-15-25/h3-21H,22H2,1-2H3/q+1. The fraction of sp³-hybridized carbons (Fsp3) is 0.111. The third kappa shape index (κ3) is 4.39. The van der Waals surface area contributed by atoms with E-state index >= 15 is 0 Å². The molecule has 29 heavy (non-hydrogen) atoms. The van der Waals surface area contributed by atoms with Crippen molar-refractivity contribution < 1.29 is 0 Å². The van der Waals surface area contributed by atoms with Crippen LogP contribution < -0.4 is 9.38 Å². The van der Waals surface area contributed by atoms with Gasteiger partial charge in [-0.1, -0.05) is 66.7 Å². The number of anilines is 3. The van der Waals surface area contributed by atoms with Crippen molar-refractivity contribution in [2.75, 3.05) is 19.0 Å². The Morgan fingerprint density at radius 1 is 0.517 bits per heavy atom. The van der Waals surface area contributed by atoms with E-state index in [0.717, 1.165) is 28.1 Å². The van der Waals surface area contributed by atoms with Gasteiger partial charge in [0.2, 0.25) is 0 Å². The van der Waals surface area contributed by atoms with E-state index < -0.39 is 0 Å². The summed E-state index contributed by atoms with van der Waals surface area (Å²) in [5, 5.41) is 0. The minimum Gasteiger partial charge on any atom is -0.311 e. The molecular weight excluding hydrogens is 352 g/mol. The Morgan fingerprint density at radius 3 is 1.41 bits per heavy atom. The zero-order valence-corrected chi connectivity index (χ0v) is 17.1. The lowest BCUT2D eigenvalue weighted by atomic mass is 10.1. The lowest BCUT2D eigenvalue weighted by Crippen LogP contribution is -2.39. The molecule has 0 heterocycles. The first-order valence-electron chi connectivity index (χ1n) is 10.0. The topological polar surface area (TPSA) is 3.24 Å². The molecule has 0 aliphatic carbocycles. The van der Waals surface area contributed by atoms with Gasteiger partial charge in [-0.05, 0) is 48.5 Å².